The van der Waals surface area contributed by atoms with Crippen molar-refractivity contribution in [3.8, 4) is 18.8 Å². The van der Waals surface area contributed by atoms with E-state index in [0.29, 0.717) is 54.3 Å². The number of rotatable bonds is 34. The third kappa shape index (κ3) is 20.2. The summed E-state index contributed by atoms with van der Waals surface area (Å²) in [5.74, 6) is -4.25. The molecule has 0 radical (unpaired) electrons. The average Bonchev–Trinajstić information content (AvgIpc) is 1.54. The molecule has 17 rings (SSSR count). The molecular formula is C102H115BrMgN4O28. The topological polar surface area (TPSA) is 375 Å². The van der Waals surface area contributed by atoms with Crippen LogP contribution in [-0.4, -0.2) is 305 Å². The van der Waals surface area contributed by atoms with Gasteiger partial charge in [-0.1, -0.05) is 188 Å². The van der Waals surface area contributed by atoms with Crippen LogP contribution in [0.25, 0.3) is 0 Å². The van der Waals surface area contributed by atoms with Crippen LogP contribution in [0.15, 0.2) is 231 Å². The first-order valence-electron chi connectivity index (χ1n) is 44.2. The summed E-state index contributed by atoms with van der Waals surface area (Å²) >= 11 is 0. The smallest absolute Gasteiger partial charge is 1.00 e. The Morgan fingerprint density at radius 2 is 0.765 bits per heavy atom. The third-order valence-corrected chi connectivity index (χ3v) is 26.7. The number of aliphatic hydroxyl groups is 3. The molecule has 12 aliphatic heterocycles. The minimum absolute atomic E-state index is 0. The molecule has 0 aromatic heterocycles. The normalized spacial score (nSPS) is 33.8. The maximum Gasteiger partial charge on any atom is 2.00 e. The van der Waals surface area contributed by atoms with Gasteiger partial charge in [0.05, 0.1) is 68.4 Å². The van der Waals surface area contributed by atoms with Crippen molar-refractivity contribution in [1.82, 2.24) is 19.6 Å². The quantitative estimate of drug-likeness (QED) is 0.0150. The molecule has 1 aliphatic carbocycles. The number of fused-ring (bicyclic) bond motifs is 7. The summed E-state index contributed by atoms with van der Waals surface area (Å²) in [5.41, 5.74) is 0.414. The first-order valence-corrected chi connectivity index (χ1v) is 44.2. The summed E-state index contributed by atoms with van der Waals surface area (Å²) in [7, 11) is 6.04. The predicted octanol–water partition coefficient (Wildman–Crippen LogP) is 3.67. The SMILES string of the molecule is C#CC(O)C12O[C@@H](C3C=C(C)C(=O)N(COCc4ccccc4)C3=O)[C@H](O[C@@H]1CC=C)[C@@H]2OC.C=CC[C@H]1O[C@H]2[C@H](C3C=C(C)C(=O)N(COCc4ccccc4)C3=O)OC1([C@@H](O)C=C)[C@H]2OC.C=CC[C@H]1O[C@H]2[C@H](C3C=C(C)C(=O)N(COCc4ccccc4)C3=O)O[C@]1(C=O)[C@H]2OC.CO[C@H]1[C@H]2O[C@@H]3CC=C[C@H](O)C31O[C@H]2C1C=C(C)C(=O)N(COCc2ccccc2)C1=O.[Br-].[C-]#C.[Mg+2]. The molecule has 8 saturated heterocycles. The number of methoxy groups -OCH3 is 4. The molecule has 0 saturated carbocycles. The summed E-state index contributed by atoms with van der Waals surface area (Å²) in [6, 6.07) is 38.0. The average molecular weight is 1950 g/mol. The van der Waals surface area contributed by atoms with Crippen LogP contribution in [-0.2, 0) is 145 Å². The van der Waals surface area contributed by atoms with Gasteiger partial charge in [0.25, 0.3) is 23.6 Å². The van der Waals surface area contributed by atoms with Crippen molar-refractivity contribution >= 4 is 76.6 Å². The van der Waals surface area contributed by atoms with E-state index in [2.05, 4.69) is 38.7 Å². The number of ether oxygens (including phenoxy) is 16. The molecule has 8 unspecified atom stereocenters. The molecule has 8 fully saturated rings. The predicted molar refractivity (Wildman–Crippen MR) is 484 cm³/mol. The largest absolute Gasteiger partial charge is 2.00 e. The second-order valence-corrected chi connectivity index (χ2v) is 34.4. The van der Waals surface area contributed by atoms with Gasteiger partial charge in [0.2, 0.25) is 23.6 Å². The van der Waals surface area contributed by atoms with Crippen LogP contribution in [0.5, 0.6) is 0 Å². The first-order chi connectivity index (χ1) is 64.7. The molecule has 32 nitrogen and oxygen atoms in total. The molecule has 8 amide bonds. The van der Waals surface area contributed by atoms with Crippen LogP contribution in [0, 0.1) is 48.9 Å². The van der Waals surface area contributed by atoms with Crippen LogP contribution in [0.2, 0.25) is 0 Å². The van der Waals surface area contributed by atoms with Gasteiger partial charge in [-0.3, -0.25) is 62.8 Å². The monoisotopic (exact) mass is 1950 g/mol. The number of benzene rings is 4. The molecule has 8 bridgehead atoms. The van der Waals surface area contributed by atoms with E-state index >= 15 is 0 Å². The van der Waals surface area contributed by atoms with Crippen molar-refractivity contribution in [2.75, 3.05) is 55.4 Å². The van der Waals surface area contributed by atoms with Crippen LogP contribution < -0.4 is 17.0 Å². The van der Waals surface area contributed by atoms with Crippen LogP contribution in [0.1, 0.15) is 75.6 Å². The fraction of sp³-hybridized carbons (Fsp3) is 0.461. The Labute approximate surface area is 817 Å². The number of carbonyl (C=O) groups is 9. The van der Waals surface area contributed by atoms with E-state index < -0.39 is 197 Å². The van der Waals surface area contributed by atoms with Gasteiger partial charge in [0.15, 0.2) is 28.7 Å². The van der Waals surface area contributed by atoms with Gasteiger partial charge in [0, 0.05) is 50.7 Å². The Kier molecular flexibility index (Phi) is 36.8. The zero-order valence-electron chi connectivity index (χ0n) is 77.1. The Balaban J connectivity index is 0.000000172. The van der Waals surface area contributed by atoms with Crippen LogP contribution in [0.3, 0.4) is 0 Å². The Morgan fingerprint density at radius 3 is 1.10 bits per heavy atom. The van der Waals surface area contributed by atoms with Crippen molar-refractivity contribution in [3.63, 3.8) is 0 Å². The number of terminal acetylenes is 2. The maximum absolute atomic E-state index is 13.4. The standard InChI is InChI=1S/C26H31NO7.C26H29NO7.2C24H27NO7.C2H.BrH.Mg/c2*1-5-10-20-26(19(28)6-2)23(31-4)22(33-20)21(34-26)18-13-16(3)24(29)27(25(18)30)15-32-14-17-11-8-7-9-12-17;1-14-11-16(23(28)25(22(14)27)13-30-12-15-7-4-3-5-8-15)19-20-21(29-2)24(32-19)17(26)9-6-10-18(24)31-20;1-4-8-18-24(13-26)21(29-3)20(31-18)19(32-24)17-11-15(2)22(27)25(23(17)28)14-30-12-16-9-6-5-7-10-16;1-2;;/h5-9,11-13,18-23,28H,1-2,10,14-15H2,3-4H3;2,5,7-9,11-13,18-23,28H,1,10,14-15H2,3-4H3;3-9,11,16-21,26H,10,12-13H2,1-2H3;4-7,9-11,13,17-21H,1,8,12,14H2,2-3H3;1H;1H;/q;;;;-1;;+2/p-1/t18?,19-,20+,21-,22-,23-,26?;18?,19?,20-,21+,22+,23+,26?;16?,17-,18+,19-,20-,21-,24?;17?,18-,19+,20+,21+,24+;;;/m0101.../s1. The Hall–Kier alpha value is -9.62. The second kappa shape index (κ2) is 46.9. The van der Waals surface area contributed by atoms with Gasteiger partial charge in [-0.2, -0.15) is 0 Å². The Bertz CT molecular complexity index is 5210. The number of aldehydes is 1. The molecule has 3 N–H and O–H groups in total. The first kappa shape index (κ1) is 107. The molecular weight excluding hydrogens is 1830 g/mol. The summed E-state index contributed by atoms with van der Waals surface area (Å²) in [4.78, 5) is 121. The van der Waals surface area contributed by atoms with Gasteiger partial charge in [-0.05, 0) is 75.6 Å². The fourth-order valence-electron chi connectivity index (χ4n) is 20.4. The zero-order valence-corrected chi connectivity index (χ0v) is 80.1. The van der Waals surface area contributed by atoms with E-state index in [4.69, 9.17) is 88.6 Å². The number of aliphatic hydroxyl groups excluding tert-OH is 3. The van der Waals surface area contributed by atoms with Gasteiger partial charge >= 0.3 is 23.1 Å². The number of amides is 8. The minimum Gasteiger partial charge on any atom is -1.00 e. The van der Waals surface area contributed by atoms with E-state index in [0.717, 1.165) is 41.9 Å². The molecule has 27 atom stereocenters. The Morgan fingerprint density at radius 1 is 0.456 bits per heavy atom. The summed E-state index contributed by atoms with van der Waals surface area (Å²) < 4.78 is 95.4. The van der Waals surface area contributed by atoms with E-state index in [-0.39, 0.29) is 105 Å². The summed E-state index contributed by atoms with van der Waals surface area (Å²) in [5, 5.41) is 32.4. The second-order valence-electron chi connectivity index (χ2n) is 34.4. The zero-order chi connectivity index (χ0) is 96.3. The molecule has 34 heteroatoms. The van der Waals surface area contributed by atoms with E-state index in [1.165, 1.54) is 27.4 Å². The van der Waals surface area contributed by atoms with Crippen molar-refractivity contribution in [3.05, 3.63) is 259 Å². The van der Waals surface area contributed by atoms with E-state index in [1.807, 2.05) is 127 Å². The molecule has 136 heavy (non-hydrogen) atoms. The van der Waals surface area contributed by atoms with Crippen LogP contribution >= 0.6 is 0 Å². The summed E-state index contributed by atoms with van der Waals surface area (Å²) in [6.45, 7) is 21.9. The van der Waals surface area contributed by atoms with Crippen molar-refractivity contribution < 1.29 is 151 Å². The van der Waals surface area contributed by atoms with Crippen molar-refractivity contribution in [1.29, 1.82) is 0 Å². The molecule has 720 valence electrons. The minimum atomic E-state index is -1.36. The molecule has 1 spiro atoms. The number of carbonyl (C=O) groups excluding carboxylic acids is 9. The third-order valence-electron chi connectivity index (χ3n) is 26.7. The van der Waals surface area contributed by atoms with Crippen LogP contribution in [0.4, 0.5) is 0 Å². The number of nitrogens with zero attached hydrogens (tertiary/aromatic N) is 4. The number of hydrogen-bond acceptors (Lipinski definition) is 28. The number of hydrogen-bond donors (Lipinski definition) is 3. The van der Waals surface area contributed by atoms with Gasteiger partial charge in [-0.15, -0.1) is 32.7 Å². The van der Waals surface area contributed by atoms with Crippen molar-refractivity contribution in [2.45, 2.75) is 218 Å². The maximum atomic E-state index is 13.4. The molecule has 4 aromatic rings. The number of imide groups is 4. The van der Waals surface area contributed by atoms with Gasteiger partial charge in [-0.25, -0.2) is 0 Å². The molecule has 13 aliphatic rings. The van der Waals surface area contributed by atoms with Gasteiger partial charge in [0.1, 0.15) is 125 Å². The van der Waals surface area contributed by atoms with Crippen molar-refractivity contribution in [2.24, 2.45) is 23.7 Å². The molecule has 4 aromatic carbocycles. The van der Waals surface area contributed by atoms with Gasteiger partial charge < -0.3 is 121 Å². The fourth-order valence-corrected chi connectivity index (χ4v) is 20.4. The van der Waals surface area contributed by atoms with E-state index in [1.54, 1.807) is 83.4 Å². The van der Waals surface area contributed by atoms with E-state index in [9.17, 15) is 58.5 Å². The number of halogens is 1. The molecule has 12 heterocycles. The summed E-state index contributed by atoms with van der Waals surface area (Å²) in [6.07, 6.45) is 20.2.